The van der Waals surface area contributed by atoms with E-state index >= 15 is 0 Å². The van der Waals surface area contributed by atoms with Crippen molar-refractivity contribution in [2.24, 2.45) is 5.92 Å². The topological polar surface area (TPSA) is 98.5 Å². The smallest absolute Gasteiger partial charge is 0.142 e. The predicted molar refractivity (Wildman–Crippen MR) is 107 cm³/mol. The monoisotopic (exact) mass is 389 g/mol. The Labute approximate surface area is 163 Å². The van der Waals surface area contributed by atoms with Crippen molar-refractivity contribution in [3.8, 4) is 0 Å². The Kier molecular flexibility index (Phi) is 6.11. The Bertz CT molecular complexity index is 826. The molecular weight excluding hydrogens is 366 g/mol. The highest BCUT2D eigenvalue weighted by atomic mass is 35.5. The van der Waals surface area contributed by atoms with Crippen LogP contribution in [0.1, 0.15) is 28.9 Å². The van der Waals surface area contributed by atoms with Crippen molar-refractivity contribution in [2.45, 2.75) is 38.5 Å². The Hall–Kier alpha value is -1.99. The summed E-state index contributed by atoms with van der Waals surface area (Å²) < 4.78 is 0. The average Bonchev–Trinajstić information content (AvgIpc) is 2.90. The zero-order valence-electron chi connectivity index (χ0n) is 15.3. The molecule has 1 heterocycles. The first-order valence-electron chi connectivity index (χ1n) is 8.91. The van der Waals surface area contributed by atoms with Crippen molar-refractivity contribution >= 4 is 29.6 Å². The Morgan fingerprint density at radius 1 is 1.11 bits per heavy atom. The SMILES string of the molecule is Cc1ccc(/C=C/c2c(Cl)nc(C)nc2N[C@@H]2C[C@H](CO)[C@@H](O)[C@H]2O)cc1. The van der Waals surface area contributed by atoms with Gasteiger partial charge in [0.25, 0.3) is 0 Å². The van der Waals surface area contributed by atoms with Gasteiger partial charge in [-0.1, -0.05) is 47.5 Å². The molecule has 0 spiro atoms. The molecule has 1 aromatic carbocycles. The highest BCUT2D eigenvalue weighted by molar-refractivity contribution is 6.31. The van der Waals surface area contributed by atoms with E-state index in [-0.39, 0.29) is 12.5 Å². The Balaban J connectivity index is 1.88. The molecule has 1 aliphatic carbocycles. The minimum atomic E-state index is -0.995. The third kappa shape index (κ3) is 4.47. The molecule has 0 unspecified atom stereocenters. The van der Waals surface area contributed by atoms with Crippen molar-refractivity contribution in [3.05, 3.63) is 51.9 Å². The molecule has 0 radical (unpaired) electrons. The molecule has 1 saturated carbocycles. The number of benzene rings is 1. The molecule has 0 saturated heterocycles. The van der Waals surface area contributed by atoms with Gasteiger partial charge in [-0.2, -0.15) is 0 Å². The molecule has 0 amide bonds. The van der Waals surface area contributed by atoms with Gasteiger partial charge in [-0.25, -0.2) is 9.97 Å². The molecule has 2 aromatic rings. The van der Waals surface area contributed by atoms with E-state index in [1.165, 1.54) is 5.56 Å². The van der Waals surface area contributed by atoms with Crippen molar-refractivity contribution in [1.82, 2.24) is 9.97 Å². The van der Waals surface area contributed by atoms with Gasteiger partial charge >= 0.3 is 0 Å². The number of hydrogen-bond acceptors (Lipinski definition) is 6. The summed E-state index contributed by atoms with van der Waals surface area (Å²) in [5.74, 6) is 0.620. The van der Waals surface area contributed by atoms with Crippen molar-refractivity contribution in [1.29, 1.82) is 0 Å². The molecule has 1 aromatic heterocycles. The predicted octanol–water partition coefficient (Wildman–Crippen LogP) is 2.43. The lowest BCUT2D eigenvalue weighted by Crippen LogP contribution is -2.35. The first-order valence-corrected chi connectivity index (χ1v) is 9.29. The third-order valence-corrected chi connectivity index (χ3v) is 5.18. The van der Waals surface area contributed by atoms with E-state index in [0.29, 0.717) is 28.8 Å². The summed E-state index contributed by atoms with van der Waals surface area (Å²) in [6, 6.07) is 7.62. The number of hydrogen-bond donors (Lipinski definition) is 4. The van der Waals surface area contributed by atoms with E-state index < -0.39 is 18.2 Å². The maximum Gasteiger partial charge on any atom is 0.142 e. The van der Waals surface area contributed by atoms with Gasteiger partial charge in [-0.15, -0.1) is 0 Å². The quantitative estimate of drug-likeness (QED) is 0.586. The van der Waals surface area contributed by atoms with E-state index in [4.69, 9.17) is 11.6 Å². The summed E-state index contributed by atoms with van der Waals surface area (Å²) in [6.07, 6.45) is 2.21. The highest BCUT2D eigenvalue weighted by Crippen LogP contribution is 2.31. The fourth-order valence-electron chi connectivity index (χ4n) is 3.29. The summed E-state index contributed by atoms with van der Waals surface area (Å²) >= 11 is 6.34. The van der Waals surface area contributed by atoms with Crippen LogP contribution in [0.2, 0.25) is 5.15 Å². The number of halogens is 1. The van der Waals surface area contributed by atoms with Crippen LogP contribution in [-0.2, 0) is 0 Å². The van der Waals surface area contributed by atoms with Crippen LogP contribution in [0.15, 0.2) is 24.3 Å². The van der Waals surface area contributed by atoms with Crippen molar-refractivity contribution < 1.29 is 15.3 Å². The molecule has 6 nitrogen and oxygen atoms in total. The van der Waals surface area contributed by atoms with Crippen molar-refractivity contribution in [2.75, 3.05) is 11.9 Å². The van der Waals surface area contributed by atoms with Crippen LogP contribution in [0.4, 0.5) is 5.82 Å². The zero-order valence-corrected chi connectivity index (χ0v) is 16.1. The second kappa shape index (κ2) is 8.35. The molecule has 27 heavy (non-hydrogen) atoms. The number of aromatic nitrogens is 2. The van der Waals surface area contributed by atoms with Crippen LogP contribution in [0.3, 0.4) is 0 Å². The summed E-state index contributed by atoms with van der Waals surface area (Å²) in [4.78, 5) is 8.63. The molecule has 7 heteroatoms. The lowest BCUT2D eigenvalue weighted by atomic mass is 10.1. The van der Waals surface area contributed by atoms with Crippen LogP contribution in [-0.4, -0.2) is 50.1 Å². The minimum Gasteiger partial charge on any atom is -0.396 e. The zero-order chi connectivity index (χ0) is 19.6. The van der Waals surface area contributed by atoms with Crippen LogP contribution in [0, 0.1) is 19.8 Å². The maximum absolute atomic E-state index is 10.3. The van der Waals surface area contributed by atoms with Crippen LogP contribution in [0.5, 0.6) is 0 Å². The third-order valence-electron chi connectivity index (χ3n) is 4.89. The summed E-state index contributed by atoms with van der Waals surface area (Å²) in [5, 5.41) is 33.1. The number of anilines is 1. The Morgan fingerprint density at radius 2 is 1.81 bits per heavy atom. The number of aliphatic hydroxyl groups excluding tert-OH is 3. The average molecular weight is 390 g/mol. The number of nitrogens with one attached hydrogen (secondary N) is 1. The lowest BCUT2D eigenvalue weighted by molar-refractivity contribution is 0.00445. The van der Waals surface area contributed by atoms with E-state index in [2.05, 4.69) is 15.3 Å². The summed E-state index contributed by atoms with van der Waals surface area (Å²) in [5.41, 5.74) is 2.80. The maximum atomic E-state index is 10.3. The van der Waals surface area contributed by atoms with Gasteiger partial charge in [0.05, 0.1) is 17.7 Å². The normalized spacial score (nSPS) is 25.3. The molecule has 0 bridgehead atoms. The van der Waals surface area contributed by atoms with E-state index in [1.807, 2.05) is 43.3 Å². The van der Waals surface area contributed by atoms with Crippen LogP contribution in [0.25, 0.3) is 12.2 Å². The van der Waals surface area contributed by atoms with E-state index in [1.54, 1.807) is 6.92 Å². The first-order chi connectivity index (χ1) is 12.9. The largest absolute Gasteiger partial charge is 0.396 e. The molecular formula is C20H24ClN3O3. The molecule has 4 atom stereocenters. The van der Waals surface area contributed by atoms with Gasteiger partial charge in [0, 0.05) is 12.5 Å². The molecule has 4 N–H and O–H groups in total. The first kappa shape index (κ1) is 19.8. The van der Waals surface area contributed by atoms with Gasteiger partial charge in [-0.05, 0) is 31.9 Å². The second-order valence-corrected chi connectivity index (χ2v) is 7.34. The molecule has 0 aliphatic heterocycles. The molecule has 1 fully saturated rings. The minimum absolute atomic E-state index is 0.180. The van der Waals surface area contributed by atoms with Crippen LogP contribution < -0.4 is 5.32 Å². The Morgan fingerprint density at radius 3 is 2.44 bits per heavy atom. The second-order valence-electron chi connectivity index (χ2n) is 6.98. The highest BCUT2D eigenvalue weighted by Gasteiger charge is 2.41. The van der Waals surface area contributed by atoms with Gasteiger partial charge in [0.2, 0.25) is 0 Å². The van der Waals surface area contributed by atoms with Gasteiger partial charge in [-0.3, -0.25) is 0 Å². The van der Waals surface area contributed by atoms with Crippen molar-refractivity contribution in [3.63, 3.8) is 0 Å². The number of rotatable bonds is 5. The van der Waals surface area contributed by atoms with Gasteiger partial charge in [0.15, 0.2) is 0 Å². The molecule has 144 valence electrons. The summed E-state index contributed by atoms with van der Waals surface area (Å²) in [6.45, 7) is 3.59. The van der Waals surface area contributed by atoms with E-state index in [0.717, 1.165) is 5.56 Å². The fraction of sp³-hybridized carbons (Fsp3) is 0.400. The van der Waals surface area contributed by atoms with Gasteiger partial charge < -0.3 is 20.6 Å². The number of nitrogens with zero attached hydrogens (tertiary/aromatic N) is 2. The van der Waals surface area contributed by atoms with Crippen LogP contribution >= 0.6 is 11.6 Å². The number of aliphatic hydroxyl groups is 3. The number of aryl methyl sites for hydroxylation is 2. The standard InChI is InChI=1S/C20H24ClN3O3/c1-11-3-5-13(6-4-11)7-8-15-19(21)22-12(2)23-20(15)24-16-9-14(10-25)17(26)18(16)27/h3-8,14,16-18,25-27H,9-10H2,1-2H3,(H,22,23,24)/b8-7+/t14-,16-,17-,18+/m1/s1. The lowest BCUT2D eigenvalue weighted by Gasteiger charge is -2.20. The van der Waals surface area contributed by atoms with Gasteiger partial charge in [0.1, 0.15) is 22.9 Å². The molecule has 1 aliphatic rings. The molecule has 3 rings (SSSR count). The van der Waals surface area contributed by atoms with E-state index in [9.17, 15) is 15.3 Å². The summed E-state index contributed by atoms with van der Waals surface area (Å²) in [7, 11) is 0. The fourth-order valence-corrected chi connectivity index (χ4v) is 3.56.